The van der Waals surface area contributed by atoms with Gasteiger partial charge in [0.25, 0.3) is 11.8 Å². The van der Waals surface area contributed by atoms with E-state index in [4.69, 9.17) is 4.74 Å². The van der Waals surface area contributed by atoms with Gasteiger partial charge in [0.1, 0.15) is 0 Å². The molecule has 3 aliphatic rings. The van der Waals surface area contributed by atoms with Crippen LogP contribution in [0.15, 0.2) is 24.3 Å². The minimum absolute atomic E-state index is 0.00136. The van der Waals surface area contributed by atoms with E-state index >= 15 is 0 Å². The third-order valence-corrected chi connectivity index (χ3v) is 6.25. The summed E-state index contributed by atoms with van der Waals surface area (Å²) < 4.78 is 5.69. The predicted octanol–water partition coefficient (Wildman–Crippen LogP) is 2.75. The van der Waals surface area contributed by atoms with E-state index in [1.54, 1.807) is 19.2 Å². The first-order chi connectivity index (χ1) is 12.1. The third-order valence-electron chi connectivity index (χ3n) is 6.25. The van der Waals surface area contributed by atoms with E-state index in [0.29, 0.717) is 17.2 Å². The van der Waals surface area contributed by atoms with Gasteiger partial charge in [-0.05, 0) is 57.1 Å². The van der Waals surface area contributed by atoms with Gasteiger partial charge in [-0.2, -0.15) is 0 Å². The van der Waals surface area contributed by atoms with Crippen LogP contribution in [0.3, 0.4) is 0 Å². The number of fused-ring (bicyclic) bond motifs is 1. The summed E-state index contributed by atoms with van der Waals surface area (Å²) in [6.07, 6.45) is 7.34. The van der Waals surface area contributed by atoms with Gasteiger partial charge in [0, 0.05) is 25.7 Å². The van der Waals surface area contributed by atoms with E-state index < -0.39 is 0 Å². The van der Waals surface area contributed by atoms with Crippen molar-refractivity contribution in [2.24, 2.45) is 0 Å². The zero-order valence-corrected chi connectivity index (χ0v) is 14.8. The monoisotopic (exact) mass is 342 g/mol. The minimum Gasteiger partial charge on any atom is -0.377 e. The number of imide groups is 1. The van der Waals surface area contributed by atoms with Crippen molar-refractivity contribution < 1.29 is 14.3 Å². The lowest BCUT2D eigenvalue weighted by Gasteiger charge is -2.43. The molecule has 2 fully saturated rings. The quantitative estimate of drug-likeness (QED) is 0.836. The Kier molecular flexibility index (Phi) is 4.38. The van der Waals surface area contributed by atoms with Gasteiger partial charge in [-0.1, -0.05) is 12.1 Å². The number of hydrogen-bond donors (Lipinski definition) is 1. The molecule has 1 aromatic rings. The molecule has 0 saturated heterocycles. The zero-order chi connectivity index (χ0) is 17.4. The van der Waals surface area contributed by atoms with Gasteiger partial charge >= 0.3 is 0 Å². The van der Waals surface area contributed by atoms with Crippen LogP contribution in [-0.2, 0) is 4.74 Å². The lowest BCUT2D eigenvalue weighted by molar-refractivity contribution is -0.0717. The van der Waals surface area contributed by atoms with E-state index in [0.717, 1.165) is 45.1 Å². The largest absolute Gasteiger partial charge is 0.377 e. The van der Waals surface area contributed by atoms with E-state index in [-0.39, 0.29) is 23.5 Å². The molecule has 0 unspecified atom stereocenters. The lowest BCUT2D eigenvalue weighted by atomic mass is 9.79. The molecule has 4 rings (SSSR count). The van der Waals surface area contributed by atoms with Crippen molar-refractivity contribution in [2.45, 2.75) is 62.6 Å². The number of nitrogens with zero attached hydrogens (tertiary/aromatic N) is 1. The fourth-order valence-electron chi connectivity index (χ4n) is 4.48. The number of rotatable bonds is 5. The summed E-state index contributed by atoms with van der Waals surface area (Å²) in [6, 6.07) is 7.50. The molecule has 5 heteroatoms. The second-order valence-electron chi connectivity index (χ2n) is 7.66. The van der Waals surface area contributed by atoms with Crippen molar-refractivity contribution in [3.63, 3.8) is 0 Å². The van der Waals surface area contributed by atoms with Crippen molar-refractivity contribution in [1.82, 2.24) is 10.2 Å². The summed E-state index contributed by atoms with van der Waals surface area (Å²) in [5, 5.41) is 3.65. The molecule has 1 aromatic carbocycles. The SMILES string of the molecule is COC1(CN[C@H]2CCC[C@@H](N3C(=O)c4ccccc4C3=O)C2)CCC1. The van der Waals surface area contributed by atoms with E-state index in [1.807, 2.05) is 12.1 Å². The summed E-state index contributed by atoms with van der Waals surface area (Å²) in [7, 11) is 1.79. The average molecular weight is 342 g/mol. The lowest BCUT2D eigenvalue weighted by Crippen LogP contribution is -2.53. The molecular weight excluding hydrogens is 316 g/mol. The molecule has 0 spiro atoms. The molecule has 25 heavy (non-hydrogen) atoms. The summed E-state index contributed by atoms with van der Waals surface area (Å²) in [5.41, 5.74) is 1.11. The molecule has 2 aliphatic carbocycles. The van der Waals surface area contributed by atoms with Gasteiger partial charge in [0.15, 0.2) is 0 Å². The van der Waals surface area contributed by atoms with Gasteiger partial charge in [0.2, 0.25) is 0 Å². The predicted molar refractivity (Wildman–Crippen MR) is 94.6 cm³/mol. The number of carbonyl (C=O) groups excluding carboxylic acids is 2. The van der Waals surface area contributed by atoms with E-state index in [1.165, 1.54) is 11.3 Å². The zero-order valence-electron chi connectivity index (χ0n) is 14.8. The molecule has 2 atom stereocenters. The Morgan fingerprint density at radius 3 is 2.36 bits per heavy atom. The maximum Gasteiger partial charge on any atom is 0.261 e. The van der Waals surface area contributed by atoms with Gasteiger partial charge in [-0.3, -0.25) is 14.5 Å². The van der Waals surface area contributed by atoms with Crippen LogP contribution in [0.1, 0.15) is 65.7 Å². The van der Waals surface area contributed by atoms with Crippen LogP contribution in [0, 0.1) is 0 Å². The maximum atomic E-state index is 12.7. The molecular formula is C20H26N2O3. The molecule has 2 saturated carbocycles. The first-order valence-corrected chi connectivity index (χ1v) is 9.39. The van der Waals surface area contributed by atoms with Crippen LogP contribution in [-0.4, -0.2) is 48.1 Å². The normalized spacial score (nSPS) is 28.0. The highest BCUT2D eigenvalue weighted by Crippen LogP contribution is 2.35. The second-order valence-corrected chi connectivity index (χ2v) is 7.66. The smallest absolute Gasteiger partial charge is 0.261 e. The Balaban J connectivity index is 1.42. The van der Waals surface area contributed by atoms with Crippen LogP contribution < -0.4 is 5.32 Å². The van der Waals surface area contributed by atoms with Gasteiger partial charge in [0.05, 0.1) is 16.7 Å². The Hall–Kier alpha value is -1.72. The fraction of sp³-hybridized carbons (Fsp3) is 0.600. The first-order valence-electron chi connectivity index (χ1n) is 9.39. The Bertz CT molecular complexity index is 643. The molecule has 1 heterocycles. The topological polar surface area (TPSA) is 58.6 Å². The van der Waals surface area contributed by atoms with Crippen LogP contribution in [0.5, 0.6) is 0 Å². The highest BCUT2D eigenvalue weighted by atomic mass is 16.5. The summed E-state index contributed by atoms with van der Waals surface area (Å²) in [5.74, 6) is -0.253. The molecule has 5 nitrogen and oxygen atoms in total. The maximum absolute atomic E-state index is 12.7. The minimum atomic E-state index is -0.126. The molecule has 1 N–H and O–H groups in total. The molecule has 0 bridgehead atoms. The standard InChI is InChI=1S/C20H26N2O3/c1-25-20(10-5-11-20)13-21-14-6-4-7-15(12-14)22-18(23)16-8-2-3-9-17(16)19(22)24/h2-3,8-9,14-15,21H,4-7,10-13H2,1H3/t14-,15+/m0/s1. The summed E-state index contributed by atoms with van der Waals surface area (Å²) in [4.78, 5) is 26.9. The van der Waals surface area contributed by atoms with Gasteiger partial charge in [-0.15, -0.1) is 0 Å². The molecule has 2 amide bonds. The number of hydrogen-bond acceptors (Lipinski definition) is 4. The van der Waals surface area contributed by atoms with Crippen molar-refractivity contribution in [3.05, 3.63) is 35.4 Å². The molecule has 0 radical (unpaired) electrons. The average Bonchev–Trinajstić information content (AvgIpc) is 2.86. The van der Waals surface area contributed by atoms with Crippen LogP contribution in [0.2, 0.25) is 0 Å². The van der Waals surface area contributed by atoms with E-state index in [9.17, 15) is 9.59 Å². The van der Waals surface area contributed by atoms with Crippen LogP contribution in [0.4, 0.5) is 0 Å². The van der Waals surface area contributed by atoms with Crippen molar-refractivity contribution >= 4 is 11.8 Å². The van der Waals surface area contributed by atoms with Crippen molar-refractivity contribution in [2.75, 3.05) is 13.7 Å². The highest BCUT2D eigenvalue weighted by molar-refractivity contribution is 6.21. The number of carbonyl (C=O) groups is 2. The fourth-order valence-corrected chi connectivity index (χ4v) is 4.48. The number of amides is 2. The first kappa shape index (κ1) is 16.7. The summed E-state index contributed by atoms with van der Waals surface area (Å²) in [6.45, 7) is 0.864. The molecule has 134 valence electrons. The van der Waals surface area contributed by atoms with Crippen LogP contribution in [0.25, 0.3) is 0 Å². The van der Waals surface area contributed by atoms with Crippen LogP contribution >= 0.6 is 0 Å². The number of methoxy groups -OCH3 is 1. The molecule has 1 aliphatic heterocycles. The molecule has 0 aromatic heterocycles. The Labute approximate surface area is 148 Å². The van der Waals surface area contributed by atoms with E-state index in [2.05, 4.69) is 5.32 Å². The van der Waals surface area contributed by atoms with Gasteiger partial charge < -0.3 is 10.1 Å². The van der Waals surface area contributed by atoms with Gasteiger partial charge in [-0.25, -0.2) is 0 Å². The second kappa shape index (κ2) is 6.54. The number of ether oxygens (including phenoxy) is 1. The number of nitrogens with one attached hydrogen (secondary N) is 1. The Morgan fingerprint density at radius 1 is 1.12 bits per heavy atom. The van der Waals surface area contributed by atoms with Crippen molar-refractivity contribution in [1.29, 1.82) is 0 Å². The Morgan fingerprint density at radius 2 is 1.80 bits per heavy atom. The highest BCUT2D eigenvalue weighted by Gasteiger charge is 2.42. The third kappa shape index (κ3) is 2.89. The van der Waals surface area contributed by atoms with Crippen molar-refractivity contribution in [3.8, 4) is 0 Å². The summed E-state index contributed by atoms with van der Waals surface area (Å²) >= 11 is 0. The number of benzene rings is 1.